The van der Waals surface area contributed by atoms with Crippen LogP contribution in [0.4, 0.5) is 0 Å². The predicted molar refractivity (Wildman–Crippen MR) is 109 cm³/mol. The molecule has 2 aromatic carbocycles. The van der Waals surface area contributed by atoms with E-state index in [0.717, 1.165) is 24.7 Å². The highest BCUT2D eigenvalue weighted by molar-refractivity contribution is 7.86. The van der Waals surface area contributed by atoms with Crippen LogP contribution < -0.4 is 8.92 Å². The number of nitrogens with zero attached hydrogens (tertiary/aromatic N) is 1. The lowest BCUT2D eigenvalue weighted by Crippen LogP contribution is -2.37. The van der Waals surface area contributed by atoms with E-state index < -0.39 is 10.1 Å². The van der Waals surface area contributed by atoms with Gasteiger partial charge in [-0.3, -0.25) is 4.79 Å². The summed E-state index contributed by atoms with van der Waals surface area (Å²) in [4.78, 5) is 15.0. The summed E-state index contributed by atoms with van der Waals surface area (Å²) in [5.41, 5.74) is 1.34. The third kappa shape index (κ3) is 5.95. The largest absolute Gasteiger partial charge is 0.496 e. The second-order valence-electron chi connectivity index (χ2n) is 6.95. The van der Waals surface area contributed by atoms with Gasteiger partial charge in [-0.25, -0.2) is 0 Å². The van der Waals surface area contributed by atoms with E-state index in [1.54, 1.807) is 47.4 Å². The Morgan fingerprint density at radius 2 is 1.90 bits per heavy atom. The molecule has 7 nitrogen and oxygen atoms in total. The zero-order valence-corrected chi connectivity index (χ0v) is 17.4. The average molecular weight is 419 g/mol. The van der Waals surface area contributed by atoms with Gasteiger partial charge in [-0.15, -0.1) is 0 Å². The quantitative estimate of drug-likeness (QED) is 0.612. The molecule has 0 unspecified atom stereocenters. The number of carbonyl (C=O) groups excluding carboxylic acids is 1. The molecule has 1 saturated heterocycles. The third-order valence-corrected chi connectivity index (χ3v) is 5.11. The predicted octanol–water partition coefficient (Wildman–Crippen LogP) is 2.86. The second-order valence-corrected chi connectivity index (χ2v) is 8.53. The Morgan fingerprint density at radius 3 is 2.52 bits per heavy atom. The molecule has 3 rings (SSSR count). The van der Waals surface area contributed by atoms with Gasteiger partial charge in [0.25, 0.3) is 5.91 Å². The summed E-state index contributed by atoms with van der Waals surface area (Å²) >= 11 is 0. The minimum Gasteiger partial charge on any atom is -0.496 e. The van der Waals surface area contributed by atoms with Crippen LogP contribution in [0.25, 0.3) is 0 Å². The highest BCUT2D eigenvalue weighted by Gasteiger charge is 2.25. The highest BCUT2D eigenvalue weighted by Crippen LogP contribution is 2.23. The van der Waals surface area contributed by atoms with E-state index in [-0.39, 0.29) is 17.8 Å². The summed E-state index contributed by atoms with van der Waals surface area (Å²) in [7, 11) is -2.04. The fraction of sp³-hybridized carbons (Fsp3) is 0.381. The molecule has 8 heteroatoms. The second kappa shape index (κ2) is 9.28. The van der Waals surface area contributed by atoms with E-state index in [4.69, 9.17) is 13.7 Å². The van der Waals surface area contributed by atoms with Crippen LogP contribution in [0.3, 0.4) is 0 Å². The van der Waals surface area contributed by atoms with Crippen molar-refractivity contribution < 1.29 is 26.9 Å². The zero-order valence-electron chi connectivity index (χ0n) is 16.5. The van der Waals surface area contributed by atoms with Crippen LogP contribution in [0.15, 0.2) is 48.5 Å². The van der Waals surface area contributed by atoms with Gasteiger partial charge in [0.2, 0.25) is 0 Å². The molecule has 1 fully saturated rings. The number of hydrogen-bond donors (Lipinski definition) is 0. The minimum absolute atomic E-state index is 0.00139. The molecule has 1 heterocycles. The first-order chi connectivity index (χ1) is 13.9. The Hall–Kier alpha value is -2.58. The summed E-state index contributed by atoms with van der Waals surface area (Å²) in [5.74, 6) is 0.610. The molecular weight excluding hydrogens is 394 g/mol. The number of hydrogen-bond acceptors (Lipinski definition) is 6. The first-order valence-corrected chi connectivity index (χ1v) is 11.2. The molecule has 0 spiro atoms. The Bertz CT molecular complexity index is 936. The van der Waals surface area contributed by atoms with Gasteiger partial charge < -0.3 is 18.6 Å². The number of carbonyl (C=O) groups is 1. The van der Waals surface area contributed by atoms with E-state index in [2.05, 4.69) is 0 Å². The van der Waals surface area contributed by atoms with Crippen LogP contribution >= 0.6 is 0 Å². The van der Waals surface area contributed by atoms with E-state index >= 15 is 0 Å². The molecule has 2 aromatic rings. The summed E-state index contributed by atoms with van der Waals surface area (Å²) in [6.45, 7) is 1.53. The van der Waals surface area contributed by atoms with Gasteiger partial charge in [0.15, 0.2) is 0 Å². The van der Waals surface area contributed by atoms with Crippen molar-refractivity contribution in [3.05, 3.63) is 59.7 Å². The standard InChI is InChI=1S/C21H25NO6S/c1-26-20-8-4-3-7-19(20)21(23)22(15-18-6-5-13-27-18)14-16-9-11-17(12-10-16)28-29(2,24)25/h3-4,7-12,18H,5-6,13-15H2,1-2H3/t18-/m0/s1. The Morgan fingerprint density at radius 1 is 1.17 bits per heavy atom. The number of amides is 1. The smallest absolute Gasteiger partial charge is 0.306 e. The minimum atomic E-state index is -3.58. The molecule has 1 aliphatic heterocycles. The molecule has 1 amide bonds. The Balaban J connectivity index is 1.80. The number of benzene rings is 2. The Kier molecular flexibility index (Phi) is 6.76. The van der Waals surface area contributed by atoms with Crippen molar-refractivity contribution in [1.82, 2.24) is 4.90 Å². The lowest BCUT2D eigenvalue weighted by molar-refractivity contribution is 0.0505. The van der Waals surface area contributed by atoms with E-state index in [1.807, 2.05) is 6.07 Å². The van der Waals surface area contributed by atoms with Crippen LogP contribution in [-0.2, 0) is 21.4 Å². The molecule has 0 radical (unpaired) electrons. The SMILES string of the molecule is COc1ccccc1C(=O)N(Cc1ccc(OS(C)(=O)=O)cc1)C[C@@H]1CCCO1. The molecule has 0 aromatic heterocycles. The molecular formula is C21H25NO6S. The number of rotatable bonds is 8. The van der Waals surface area contributed by atoms with Crippen molar-refractivity contribution >= 4 is 16.0 Å². The summed E-state index contributed by atoms with van der Waals surface area (Å²) in [5, 5.41) is 0. The number of ether oxygens (including phenoxy) is 2. The van der Waals surface area contributed by atoms with Gasteiger partial charge in [0.1, 0.15) is 11.5 Å². The monoisotopic (exact) mass is 419 g/mol. The topological polar surface area (TPSA) is 82.1 Å². The molecule has 29 heavy (non-hydrogen) atoms. The van der Waals surface area contributed by atoms with Crippen LogP contribution in [0.2, 0.25) is 0 Å². The van der Waals surface area contributed by atoms with Crippen LogP contribution in [0, 0.1) is 0 Å². The third-order valence-electron chi connectivity index (χ3n) is 4.62. The van der Waals surface area contributed by atoms with Gasteiger partial charge in [0.05, 0.1) is 25.0 Å². The van der Waals surface area contributed by atoms with Crippen LogP contribution in [-0.4, -0.2) is 51.8 Å². The molecule has 0 saturated carbocycles. The summed E-state index contributed by atoms with van der Waals surface area (Å²) < 4.78 is 38.5. The first kappa shape index (κ1) is 21.1. The molecule has 1 aliphatic rings. The van der Waals surface area contributed by atoms with Crippen molar-refractivity contribution in [2.24, 2.45) is 0 Å². The average Bonchev–Trinajstić information content (AvgIpc) is 3.20. The normalized spacial score (nSPS) is 16.4. The fourth-order valence-electron chi connectivity index (χ4n) is 3.29. The molecule has 156 valence electrons. The van der Waals surface area contributed by atoms with Crippen LogP contribution in [0.5, 0.6) is 11.5 Å². The van der Waals surface area contributed by atoms with Crippen LogP contribution in [0.1, 0.15) is 28.8 Å². The fourth-order valence-corrected chi connectivity index (χ4v) is 3.75. The molecule has 0 aliphatic carbocycles. The molecule has 0 N–H and O–H groups in total. The lowest BCUT2D eigenvalue weighted by atomic mass is 10.1. The van der Waals surface area contributed by atoms with Gasteiger partial charge in [-0.2, -0.15) is 8.42 Å². The maximum Gasteiger partial charge on any atom is 0.306 e. The number of methoxy groups -OCH3 is 1. The maximum absolute atomic E-state index is 13.3. The zero-order chi connectivity index (χ0) is 20.9. The summed E-state index contributed by atoms with van der Waals surface area (Å²) in [6, 6.07) is 13.8. The van der Waals surface area contributed by atoms with E-state index in [1.165, 1.54) is 7.11 Å². The van der Waals surface area contributed by atoms with Gasteiger partial charge in [-0.1, -0.05) is 24.3 Å². The maximum atomic E-state index is 13.3. The lowest BCUT2D eigenvalue weighted by Gasteiger charge is -2.26. The molecule has 0 bridgehead atoms. The van der Waals surface area contributed by atoms with Gasteiger partial charge >= 0.3 is 10.1 Å². The van der Waals surface area contributed by atoms with Crippen molar-refractivity contribution in [3.63, 3.8) is 0 Å². The summed E-state index contributed by atoms with van der Waals surface area (Å²) in [6.07, 6.45) is 2.90. The van der Waals surface area contributed by atoms with Gasteiger partial charge in [0, 0.05) is 19.7 Å². The van der Waals surface area contributed by atoms with E-state index in [0.29, 0.717) is 31.0 Å². The first-order valence-electron chi connectivity index (χ1n) is 9.38. The molecule has 1 atom stereocenters. The Labute approximate surface area is 171 Å². The van der Waals surface area contributed by atoms with E-state index in [9.17, 15) is 13.2 Å². The van der Waals surface area contributed by atoms with Crippen molar-refractivity contribution in [1.29, 1.82) is 0 Å². The van der Waals surface area contributed by atoms with Crippen molar-refractivity contribution in [3.8, 4) is 11.5 Å². The van der Waals surface area contributed by atoms with Crippen molar-refractivity contribution in [2.45, 2.75) is 25.5 Å². The number of para-hydroxylation sites is 1. The van der Waals surface area contributed by atoms with Gasteiger partial charge in [-0.05, 0) is 42.7 Å². The van der Waals surface area contributed by atoms with Crippen molar-refractivity contribution in [2.75, 3.05) is 26.5 Å². The highest BCUT2D eigenvalue weighted by atomic mass is 32.2.